The summed E-state index contributed by atoms with van der Waals surface area (Å²) in [5.41, 5.74) is 0.483. The second kappa shape index (κ2) is 4.42. The summed E-state index contributed by atoms with van der Waals surface area (Å²) in [5.74, 6) is 1.85. The molecular weight excluding hydrogens is 194 g/mol. The molecule has 2 heterocycles. The third kappa shape index (κ3) is 1.95. The first-order valence-corrected chi connectivity index (χ1v) is 6.27. The van der Waals surface area contributed by atoms with Gasteiger partial charge >= 0.3 is 0 Å². The SMILES string of the molecule is CN1CCCC(C2(CCS)COC2)C1. The van der Waals surface area contributed by atoms with Crippen LogP contribution in [0, 0.1) is 11.3 Å². The molecule has 0 aromatic rings. The van der Waals surface area contributed by atoms with Gasteiger partial charge in [0.2, 0.25) is 0 Å². The van der Waals surface area contributed by atoms with E-state index in [1.807, 2.05) is 0 Å². The Labute approximate surface area is 92.4 Å². The molecule has 0 bridgehead atoms. The molecule has 82 valence electrons. The van der Waals surface area contributed by atoms with Crippen LogP contribution in [0.4, 0.5) is 0 Å². The molecule has 1 atom stereocenters. The first kappa shape index (κ1) is 10.8. The van der Waals surface area contributed by atoms with E-state index in [9.17, 15) is 0 Å². The van der Waals surface area contributed by atoms with E-state index in [1.165, 1.54) is 32.4 Å². The van der Waals surface area contributed by atoms with Crippen molar-refractivity contribution in [2.24, 2.45) is 11.3 Å². The number of thiol groups is 1. The van der Waals surface area contributed by atoms with Crippen molar-refractivity contribution in [2.75, 3.05) is 39.1 Å². The summed E-state index contributed by atoms with van der Waals surface area (Å²) in [4.78, 5) is 2.47. The summed E-state index contributed by atoms with van der Waals surface area (Å²) in [7, 11) is 2.24. The highest BCUT2D eigenvalue weighted by Crippen LogP contribution is 2.43. The quantitative estimate of drug-likeness (QED) is 0.719. The molecule has 14 heavy (non-hydrogen) atoms. The van der Waals surface area contributed by atoms with E-state index >= 15 is 0 Å². The number of rotatable bonds is 3. The second-order valence-electron chi connectivity index (χ2n) is 4.93. The molecule has 0 N–H and O–H groups in total. The van der Waals surface area contributed by atoms with Crippen LogP contribution in [-0.4, -0.2) is 44.0 Å². The summed E-state index contributed by atoms with van der Waals surface area (Å²) in [6.45, 7) is 4.49. The van der Waals surface area contributed by atoms with Crippen molar-refractivity contribution in [1.29, 1.82) is 0 Å². The fourth-order valence-corrected chi connectivity index (χ4v) is 3.28. The molecule has 2 aliphatic rings. The fraction of sp³-hybridized carbons (Fsp3) is 1.00. The number of hydrogen-bond acceptors (Lipinski definition) is 3. The van der Waals surface area contributed by atoms with E-state index < -0.39 is 0 Å². The third-order valence-corrected chi connectivity index (χ3v) is 4.10. The van der Waals surface area contributed by atoms with E-state index in [0.29, 0.717) is 5.41 Å². The fourth-order valence-electron chi connectivity index (χ4n) is 2.84. The molecule has 2 rings (SSSR count). The zero-order valence-electron chi connectivity index (χ0n) is 9.04. The van der Waals surface area contributed by atoms with Crippen molar-refractivity contribution in [3.63, 3.8) is 0 Å². The monoisotopic (exact) mass is 215 g/mol. The van der Waals surface area contributed by atoms with Gasteiger partial charge in [-0.1, -0.05) is 0 Å². The smallest absolute Gasteiger partial charge is 0.0548 e. The predicted octanol–water partition coefficient (Wildman–Crippen LogP) is 1.66. The largest absolute Gasteiger partial charge is 0.380 e. The summed E-state index contributed by atoms with van der Waals surface area (Å²) >= 11 is 4.37. The van der Waals surface area contributed by atoms with E-state index in [0.717, 1.165) is 24.9 Å². The van der Waals surface area contributed by atoms with Crippen LogP contribution in [0.3, 0.4) is 0 Å². The Hall–Kier alpha value is 0.270. The average Bonchev–Trinajstić information content (AvgIpc) is 2.11. The van der Waals surface area contributed by atoms with E-state index in [1.54, 1.807) is 0 Å². The number of hydrogen-bond donors (Lipinski definition) is 1. The van der Waals surface area contributed by atoms with Crippen molar-refractivity contribution in [2.45, 2.75) is 19.3 Å². The molecule has 0 aromatic carbocycles. The lowest BCUT2D eigenvalue weighted by molar-refractivity contribution is -0.157. The van der Waals surface area contributed by atoms with E-state index in [-0.39, 0.29) is 0 Å². The minimum atomic E-state index is 0.483. The molecule has 0 radical (unpaired) electrons. The minimum absolute atomic E-state index is 0.483. The summed E-state index contributed by atoms with van der Waals surface area (Å²) in [6.07, 6.45) is 3.98. The van der Waals surface area contributed by atoms with Gasteiger partial charge in [-0.25, -0.2) is 0 Å². The normalized spacial score (nSPS) is 32.6. The van der Waals surface area contributed by atoms with Crippen LogP contribution in [0.25, 0.3) is 0 Å². The molecule has 2 nitrogen and oxygen atoms in total. The molecule has 2 fully saturated rings. The first-order valence-electron chi connectivity index (χ1n) is 5.64. The lowest BCUT2D eigenvalue weighted by Crippen LogP contribution is -2.53. The van der Waals surface area contributed by atoms with Crippen LogP contribution in [0.15, 0.2) is 0 Å². The zero-order chi connectivity index (χ0) is 10.0. The Morgan fingerprint density at radius 1 is 1.50 bits per heavy atom. The molecule has 0 saturated carbocycles. The summed E-state index contributed by atoms with van der Waals surface area (Å²) < 4.78 is 5.43. The Kier molecular flexibility index (Phi) is 3.40. The van der Waals surface area contributed by atoms with Crippen molar-refractivity contribution in [3.05, 3.63) is 0 Å². The molecule has 0 amide bonds. The van der Waals surface area contributed by atoms with E-state index in [2.05, 4.69) is 24.6 Å². The highest BCUT2D eigenvalue weighted by Gasteiger charge is 2.45. The van der Waals surface area contributed by atoms with Gasteiger partial charge in [0.1, 0.15) is 0 Å². The van der Waals surface area contributed by atoms with Gasteiger partial charge in [-0.3, -0.25) is 0 Å². The highest BCUT2D eigenvalue weighted by atomic mass is 32.1. The van der Waals surface area contributed by atoms with Crippen molar-refractivity contribution in [1.82, 2.24) is 4.90 Å². The van der Waals surface area contributed by atoms with Gasteiger partial charge in [-0.15, -0.1) is 0 Å². The average molecular weight is 215 g/mol. The molecular formula is C11H21NOS. The topological polar surface area (TPSA) is 12.5 Å². The number of likely N-dealkylation sites (tertiary alicyclic amines) is 1. The van der Waals surface area contributed by atoms with Gasteiger partial charge < -0.3 is 9.64 Å². The molecule has 2 saturated heterocycles. The van der Waals surface area contributed by atoms with Gasteiger partial charge in [0.05, 0.1) is 13.2 Å². The lowest BCUT2D eigenvalue weighted by Gasteiger charge is -2.50. The van der Waals surface area contributed by atoms with Crippen LogP contribution in [0.1, 0.15) is 19.3 Å². The molecule has 3 heteroatoms. The molecule has 0 aliphatic carbocycles. The second-order valence-corrected chi connectivity index (χ2v) is 5.38. The Morgan fingerprint density at radius 2 is 2.29 bits per heavy atom. The van der Waals surface area contributed by atoms with Gasteiger partial charge in [0, 0.05) is 12.0 Å². The molecule has 2 aliphatic heterocycles. The van der Waals surface area contributed by atoms with Crippen molar-refractivity contribution >= 4 is 12.6 Å². The minimum Gasteiger partial charge on any atom is -0.380 e. The lowest BCUT2D eigenvalue weighted by atomic mass is 9.68. The van der Waals surface area contributed by atoms with Crippen LogP contribution >= 0.6 is 12.6 Å². The van der Waals surface area contributed by atoms with Gasteiger partial charge in [0.25, 0.3) is 0 Å². The highest BCUT2D eigenvalue weighted by molar-refractivity contribution is 7.80. The van der Waals surface area contributed by atoms with E-state index in [4.69, 9.17) is 4.74 Å². The zero-order valence-corrected chi connectivity index (χ0v) is 9.93. The number of piperidine rings is 1. The number of ether oxygens (including phenoxy) is 1. The van der Waals surface area contributed by atoms with Gasteiger partial charge in [0.15, 0.2) is 0 Å². The van der Waals surface area contributed by atoms with Gasteiger partial charge in [-0.2, -0.15) is 12.6 Å². The third-order valence-electron chi connectivity index (χ3n) is 3.88. The maximum Gasteiger partial charge on any atom is 0.0548 e. The molecule has 0 spiro atoms. The Balaban J connectivity index is 1.96. The van der Waals surface area contributed by atoms with Crippen molar-refractivity contribution < 1.29 is 4.74 Å². The maximum atomic E-state index is 5.43. The first-order chi connectivity index (χ1) is 6.77. The Bertz CT molecular complexity index is 194. The molecule has 0 aromatic heterocycles. The molecule has 1 unspecified atom stereocenters. The van der Waals surface area contributed by atoms with Crippen molar-refractivity contribution in [3.8, 4) is 0 Å². The standard InChI is InChI=1S/C11H21NOS/c1-12-5-2-3-10(7-12)11(4-6-14)8-13-9-11/h10,14H,2-9H2,1H3. The van der Waals surface area contributed by atoms with Crippen LogP contribution < -0.4 is 0 Å². The number of nitrogens with zero attached hydrogens (tertiary/aromatic N) is 1. The van der Waals surface area contributed by atoms with Gasteiger partial charge in [-0.05, 0) is 44.5 Å². The van der Waals surface area contributed by atoms with Crippen LogP contribution in [0.5, 0.6) is 0 Å². The Morgan fingerprint density at radius 3 is 2.79 bits per heavy atom. The summed E-state index contributed by atoms with van der Waals surface area (Å²) in [6, 6.07) is 0. The van der Waals surface area contributed by atoms with Crippen LogP contribution in [-0.2, 0) is 4.74 Å². The predicted molar refractivity (Wildman–Crippen MR) is 61.9 cm³/mol. The van der Waals surface area contributed by atoms with Crippen LogP contribution in [0.2, 0.25) is 0 Å². The maximum absolute atomic E-state index is 5.43. The summed E-state index contributed by atoms with van der Waals surface area (Å²) in [5, 5.41) is 0.